The molecule has 0 bridgehead atoms. The van der Waals surface area contributed by atoms with Gasteiger partial charge in [0.1, 0.15) is 4.88 Å². The number of aromatic nitrogens is 1. The highest BCUT2D eigenvalue weighted by Crippen LogP contribution is 2.12. The van der Waals surface area contributed by atoms with E-state index in [2.05, 4.69) is 10.3 Å². The first kappa shape index (κ1) is 10.4. The van der Waals surface area contributed by atoms with E-state index in [4.69, 9.17) is 0 Å². The van der Waals surface area contributed by atoms with Gasteiger partial charge in [0.05, 0.1) is 0 Å². The minimum atomic E-state index is -0.161. The molecule has 0 atom stereocenters. The van der Waals surface area contributed by atoms with Crippen LogP contribution in [0.3, 0.4) is 0 Å². The number of piperazine rings is 1. The molecule has 1 aliphatic rings. The van der Waals surface area contributed by atoms with Crippen LogP contribution in [-0.2, 0) is 0 Å². The highest BCUT2D eigenvalue weighted by molar-refractivity contribution is 7.11. The van der Waals surface area contributed by atoms with E-state index >= 15 is 0 Å². The van der Waals surface area contributed by atoms with Gasteiger partial charge in [-0.25, -0.2) is 0 Å². The largest absolute Gasteiger partial charge is 0.335 e. The van der Waals surface area contributed by atoms with Gasteiger partial charge in [0, 0.05) is 31.9 Å². The van der Waals surface area contributed by atoms with Crippen molar-refractivity contribution in [2.75, 3.05) is 26.2 Å². The molecule has 2 N–H and O–H groups in total. The maximum absolute atomic E-state index is 12.0. The second-order valence-corrected chi connectivity index (χ2v) is 4.49. The van der Waals surface area contributed by atoms with Gasteiger partial charge in [-0.1, -0.05) is 11.3 Å². The van der Waals surface area contributed by atoms with Gasteiger partial charge >= 0.3 is 4.87 Å². The summed E-state index contributed by atoms with van der Waals surface area (Å²) in [4.78, 5) is 27.9. The van der Waals surface area contributed by atoms with E-state index in [1.165, 1.54) is 0 Å². The zero-order valence-electron chi connectivity index (χ0n) is 8.50. The van der Waals surface area contributed by atoms with E-state index < -0.39 is 0 Å². The fourth-order valence-electron chi connectivity index (χ4n) is 1.62. The number of amides is 1. The number of hydrogen-bond acceptors (Lipinski definition) is 4. The lowest BCUT2D eigenvalue weighted by atomic mass is 10.3. The van der Waals surface area contributed by atoms with E-state index in [9.17, 15) is 9.59 Å². The molecule has 82 valence electrons. The monoisotopic (exact) mass is 227 g/mol. The summed E-state index contributed by atoms with van der Waals surface area (Å²) < 4.78 is 0. The number of carbonyl (C=O) groups excluding carboxylic acids is 1. The molecule has 1 amide bonds. The standard InChI is InChI=1S/C9H13N3O2S/c1-6-7(15-9(14)11-6)8(13)12-4-2-10-3-5-12/h10H,2-5H2,1H3,(H,11,14). The van der Waals surface area contributed by atoms with E-state index in [0.717, 1.165) is 24.4 Å². The third-order valence-electron chi connectivity index (χ3n) is 2.42. The number of rotatable bonds is 1. The summed E-state index contributed by atoms with van der Waals surface area (Å²) in [7, 11) is 0. The number of aryl methyl sites for hydroxylation is 1. The molecule has 15 heavy (non-hydrogen) atoms. The third kappa shape index (κ3) is 2.10. The normalized spacial score (nSPS) is 16.7. The summed E-state index contributed by atoms with van der Waals surface area (Å²) in [6.07, 6.45) is 0. The number of nitrogens with one attached hydrogen (secondary N) is 2. The summed E-state index contributed by atoms with van der Waals surface area (Å²) >= 11 is 0.993. The smallest absolute Gasteiger partial charge is 0.305 e. The summed E-state index contributed by atoms with van der Waals surface area (Å²) in [5.74, 6) is -0.0302. The number of H-pyrrole nitrogens is 1. The van der Waals surface area contributed by atoms with Crippen molar-refractivity contribution in [3.8, 4) is 0 Å². The second kappa shape index (κ2) is 4.16. The first-order chi connectivity index (χ1) is 7.18. The molecule has 5 nitrogen and oxygen atoms in total. The van der Waals surface area contributed by atoms with Crippen molar-refractivity contribution in [2.24, 2.45) is 0 Å². The van der Waals surface area contributed by atoms with E-state index in [1.54, 1.807) is 11.8 Å². The van der Waals surface area contributed by atoms with Crippen LogP contribution >= 0.6 is 11.3 Å². The van der Waals surface area contributed by atoms with Crippen LogP contribution in [0.1, 0.15) is 15.4 Å². The summed E-state index contributed by atoms with van der Waals surface area (Å²) in [6.45, 7) is 4.83. The van der Waals surface area contributed by atoms with Crippen molar-refractivity contribution in [1.29, 1.82) is 0 Å². The molecule has 1 saturated heterocycles. The Hall–Kier alpha value is -1.14. The van der Waals surface area contributed by atoms with Gasteiger partial charge in [-0.2, -0.15) is 0 Å². The molecule has 1 aromatic rings. The molecule has 0 spiro atoms. The Kier molecular flexibility index (Phi) is 2.88. The highest BCUT2D eigenvalue weighted by Gasteiger charge is 2.21. The van der Waals surface area contributed by atoms with Crippen LogP contribution in [-0.4, -0.2) is 42.0 Å². The number of thiazole rings is 1. The van der Waals surface area contributed by atoms with E-state index in [-0.39, 0.29) is 10.8 Å². The third-order valence-corrected chi connectivity index (χ3v) is 3.40. The Morgan fingerprint density at radius 1 is 1.40 bits per heavy atom. The maximum Gasteiger partial charge on any atom is 0.305 e. The molecule has 0 aliphatic carbocycles. The predicted molar refractivity (Wildman–Crippen MR) is 58.4 cm³/mol. The Morgan fingerprint density at radius 2 is 2.07 bits per heavy atom. The van der Waals surface area contributed by atoms with Crippen molar-refractivity contribution in [3.63, 3.8) is 0 Å². The van der Waals surface area contributed by atoms with Gasteiger partial charge in [-0.05, 0) is 6.92 Å². The molecule has 1 fully saturated rings. The van der Waals surface area contributed by atoms with Gasteiger partial charge in [0.15, 0.2) is 0 Å². The fourth-order valence-corrected chi connectivity index (χ4v) is 2.43. The van der Waals surface area contributed by atoms with Crippen LogP contribution in [0.5, 0.6) is 0 Å². The van der Waals surface area contributed by atoms with Gasteiger partial charge in [0.2, 0.25) is 0 Å². The van der Waals surface area contributed by atoms with Crippen molar-refractivity contribution in [3.05, 3.63) is 20.2 Å². The fraction of sp³-hybridized carbons (Fsp3) is 0.556. The highest BCUT2D eigenvalue weighted by atomic mass is 32.1. The van der Waals surface area contributed by atoms with Crippen LogP contribution in [0.4, 0.5) is 0 Å². The predicted octanol–water partition coefficient (Wildman–Crippen LogP) is -0.210. The minimum Gasteiger partial charge on any atom is -0.335 e. The lowest BCUT2D eigenvalue weighted by Gasteiger charge is -2.26. The van der Waals surface area contributed by atoms with Gasteiger partial charge < -0.3 is 15.2 Å². The number of aromatic amines is 1. The van der Waals surface area contributed by atoms with Crippen LogP contribution < -0.4 is 10.2 Å². The lowest BCUT2D eigenvalue weighted by molar-refractivity contribution is 0.0740. The molecule has 1 aliphatic heterocycles. The first-order valence-electron chi connectivity index (χ1n) is 4.88. The maximum atomic E-state index is 12.0. The van der Waals surface area contributed by atoms with E-state index in [0.29, 0.717) is 23.7 Å². The SMILES string of the molecule is Cc1[nH]c(=O)sc1C(=O)N1CCNCC1. The zero-order chi connectivity index (χ0) is 10.8. The number of hydrogen-bond donors (Lipinski definition) is 2. The van der Waals surface area contributed by atoms with Crippen LogP contribution in [0.2, 0.25) is 0 Å². The van der Waals surface area contributed by atoms with E-state index in [1.807, 2.05) is 0 Å². The number of nitrogens with zero attached hydrogens (tertiary/aromatic N) is 1. The average Bonchev–Trinajstić information content (AvgIpc) is 2.58. The molecule has 0 aromatic carbocycles. The Balaban J connectivity index is 2.19. The van der Waals surface area contributed by atoms with Gasteiger partial charge in [-0.3, -0.25) is 9.59 Å². The molecule has 1 aromatic heterocycles. The summed E-state index contributed by atoms with van der Waals surface area (Å²) in [6, 6.07) is 0. The quantitative estimate of drug-likeness (QED) is 0.697. The molecule has 0 unspecified atom stereocenters. The van der Waals surface area contributed by atoms with Crippen molar-refractivity contribution in [2.45, 2.75) is 6.92 Å². The molecule has 2 rings (SSSR count). The summed E-state index contributed by atoms with van der Waals surface area (Å²) in [5.41, 5.74) is 0.675. The Labute approximate surface area is 91.1 Å². The Morgan fingerprint density at radius 3 is 2.60 bits per heavy atom. The van der Waals surface area contributed by atoms with Crippen molar-refractivity contribution < 1.29 is 4.79 Å². The van der Waals surface area contributed by atoms with Crippen LogP contribution in [0, 0.1) is 6.92 Å². The average molecular weight is 227 g/mol. The van der Waals surface area contributed by atoms with Crippen LogP contribution in [0.25, 0.3) is 0 Å². The first-order valence-corrected chi connectivity index (χ1v) is 5.70. The molecular weight excluding hydrogens is 214 g/mol. The lowest BCUT2D eigenvalue weighted by Crippen LogP contribution is -2.46. The molecule has 0 saturated carbocycles. The number of carbonyl (C=O) groups is 1. The zero-order valence-corrected chi connectivity index (χ0v) is 9.32. The molecular formula is C9H13N3O2S. The van der Waals surface area contributed by atoms with Crippen molar-refractivity contribution >= 4 is 17.2 Å². The van der Waals surface area contributed by atoms with Crippen LogP contribution in [0.15, 0.2) is 4.79 Å². The molecule has 0 radical (unpaired) electrons. The topological polar surface area (TPSA) is 65.2 Å². The van der Waals surface area contributed by atoms with Gasteiger partial charge in [-0.15, -0.1) is 0 Å². The second-order valence-electron chi connectivity index (χ2n) is 3.51. The van der Waals surface area contributed by atoms with Crippen molar-refractivity contribution in [1.82, 2.24) is 15.2 Å². The summed E-state index contributed by atoms with van der Waals surface area (Å²) in [5, 5.41) is 3.18. The molecule has 6 heteroatoms. The minimum absolute atomic E-state index is 0.0302. The van der Waals surface area contributed by atoms with Gasteiger partial charge in [0.25, 0.3) is 5.91 Å². The molecule has 2 heterocycles. The Bertz CT molecular complexity index is 417.